The minimum absolute atomic E-state index is 0.323. The summed E-state index contributed by atoms with van der Waals surface area (Å²) in [7, 11) is 3.10. The standard InChI is InChI=1S/C12H24O2.C10H12N2O2/c1-2-3-4-5-6-7-8-9-10-11-12(13)14;1-13-10(14-2)8-6-4-3-5-7(8)9(11)12-10/h2-11H2,1H3,(H,13,14);3-6H,1-2H3,(H2,11,12). The number of nitrogens with one attached hydrogen (secondary N) is 2. The van der Waals surface area contributed by atoms with E-state index in [0.29, 0.717) is 12.3 Å². The van der Waals surface area contributed by atoms with Crippen molar-refractivity contribution >= 4 is 11.8 Å². The Balaban J connectivity index is 0.000000280. The summed E-state index contributed by atoms with van der Waals surface area (Å²) in [6.07, 6.45) is 11.5. The van der Waals surface area contributed by atoms with E-state index in [0.717, 1.165) is 24.0 Å². The molecule has 0 fully saturated rings. The van der Waals surface area contributed by atoms with Crippen molar-refractivity contribution in [2.45, 2.75) is 77.0 Å². The Labute approximate surface area is 169 Å². The molecule has 1 aromatic rings. The van der Waals surface area contributed by atoms with Crippen LogP contribution < -0.4 is 5.32 Å². The first kappa shape index (κ1) is 24.1. The second kappa shape index (κ2) is 13.3. The number of benzene rings is 1. The molecule has 2 rings (SSSR count). The van der Waals surface area contributed by atoms with Crippen molar-refractivity contribution in [1.82, 2.24) is 5.32 Å². The lowest BCUT2D eigenvalue weighted by atomic mass is 10.1. The van der Waals surface area contributed by atoms with E-state index < -0.39 is 11.9 Å². The van der Waals surface area contributed by atoms with E-state index in [1.54, 1.807) is 14.2 Å². The van der Waals surface area contributed by atoms with Gasteiger partial charge in [-0.1, -0.05) is 82.6 Å². The zero-order valence-electron chi connectivity index (χ0n) is 17.6. The topological polar surface area (TPSA) is 91.6 Å². The lowest BCUT2D eigenvalue weighted by Gasteiger charge is -2.26. The molecule has 3 N–H and O–H groups in total. The highest BCUT2D eigenvalue weighted by Crippen LogP contribution is 2.31. The predicted molar refractivity (Wildman–Crippen MR) is 112 cm³/mol. The molecular formula is C22H36N2O4. The van der Waals surface area contributed by atoms with Crippen LogP contribution >= 0.6 is 0 Å². The molecule has 6 heteroatoms. The molecule has 0 radical (unpaired) electrons. The zero-order chi connectivity index (χ0) is 20.8. The largest absolute Gasteiger partial charge is 0.481 e. The first-order valence-corrected chi connectivity index (χ1v) is 10.3. The van der Waals surface area contributed by atoms with E-state index in [2.05, 4.69) is 12.2 Å². The van der Waals surface area contributed by atoms with Gasteiger partial charge < -0.3 is 19.9 Å². The van der Waals surface area contributed by atoms with Crippen LogP contribution in [0.3, 0.4) is 0 Å². The Kier molecular flexibility index (Phi) is 11.4. The van der Waals surface area contributed by atoms with Crippen LogP contribution in [0.1, 0.15) is 82.3 Å². The van der Waals surface area contributed by atoms with Gasteiger partial charge in [0.15, 0.2) is 0 Å². The van der Waals surface area contributed by atoms with E-state index in [9.17, 15) is 4.79 Å². The normalized spacial score (nSPS) is 14.0. The molecule has 0 unspecified atom stereocenters. The number of carbonyl (C=O) groups is 1. The fourth-order valence-electron chi connectivity index (χ4n) is 3.28. The van der Waals surface area contributed by atoms with Gasteiger partial charge in [0.25, 0.3) is 5.91 Å². The van der Waals surface area contributed by atoms with Crippen molar-refractivity contribution in [3.05, 3.63) is 35.4 Å². The number of carboxylic acid groups (broad SMARTS) is 1. The monoisotopic (exact) mass is 392 g/mol. The van der Waals surface area contributed by atoms with Gasteiger partial charge in [0.1, 0.15) is 5.84 Å². The lowest BCUT2D eigenvalue weighted by Crippen LogP contribution is -2.42. The van der Waals surface area contributed by atoms with Crippen LogP contribution in [0.5, 0.6) is 0 Å². The molecule has 158 valence electrons. The Morgan fingerprint density at radius 1 is 1.00 bits per heavy atom. The molecule has 1 aliphatic rings. The highest BCUT2D eigenvalue weighted by molar-refractivity contribution is 6.01. The van der Waals surface area contributed by atoms with Crippen LogP contribution in [-0.4, -0.2) is 31.1 Å². The first-order chi connectivity index (χ1) is 13.5. The number of hydrogen-bond donors (Lipinski definition) is 3. The molecule has 0 saturated carbocycles. The molecule has 0 spiro atoms. The second-order valence-electron chi connectivity index (χ2n) is 7.04. The highest BCUT2D eigenvalue weighted by atomic mass is 16.7. The van der Waals surface area contributed by atoms with Crippen LogP contribution in [0, 0.1) is 5.41 Å². The summed E-state index contributed by atoms with van der Waals surface area (Å²) < 4.78 is 10.5. The number of amidine groups is 1. The molecule has 0 bridgehead atoms. The Hall–Kier alpha value is -1.92. The van der Waals surface area contributed by atoms with Gasteiger partial charge in [-0.3, -0.25) is 10.2 Å². The number of aliphatic carboxylic acids is 1. The number of fused-ring (bicyclic) bond motifs is 1. The third-order valence-electron chi connectivity index (χ3n) is 4.91. The molecule has 0 aliphatic carbocycles. The van der Waals surface area contributed by atoms with Crippen molar-refractivity contribution in [3.8, 4) is 0 Å². The first-order valence-electron chi connectivity index (χ1n) is 10.3. The van der Waals surface area contributed by atoms with Crippen molar-refractivity contribution < 1.29 is 19.4 Å². The fraction of sp³-hybridized carbons (Fsp3) is 0.636. The average molecular weight is 393 g/mol. The van der Waals surface area contributed by atoms with Gasteiger partial charge in [-0.25, -0.2) is 0 Å². The SMILES string of the molecule is CCCCCCCCCCCC(=O)O.COC1(OC)NC(=N)c2ccccc21. The van der Waals surface area contributed by atoms with Gasteiger partial charge in [-0.05, 0) is 6.42 Å². The summed E-state index contributed by atoms with van der Waals surface area (Å²) in [6.45, 7) is 2.23. The number of unbranched alkanes of at least 4 members (excludes halogenated alkanes) is 8. The maximum absolute atomic E-state index is 10.2. The Bertz CT molecular complexity index is 600. The average Bonchev–Trinajstić information content (AvgIpc) is 3.00. The smallest absolute Gasteiger partial charge is 0.303 e. The third kappa shape index (κ3) is 7.60. The van der Waals surface area contributed by atoms with Gasteiger partial charge in [0.2, 0.25) is 0 Å². The number of rotatable bonds is 12. The van der Waals surface area contributed by atoms with Gasteiger partial charge in [-0.15, -0.1) is 0 Å². The van der Waals surface area contributed by atoms with Crippen LogP contribution in [-0.2, 0) is 20.2 Å². The van der Waals surface area contributed by atoms with Crippen LogP contribution in [0.2, 0.25) is 0 Å². The number of carboxylic acids is 1. The maximum atomic E-state index is 10.2. The van der Waals surface area contributed by atoms with Gasteiger partial charge in [0, 0.05) is 31.8 Å². The molecule has 0 aromatic heterocycles. The second-order valence-corrected chi connectivity index (χ2v) is 7.04. The van der Waals surface area contributed by atoms with E-state index in [1.807, 2.05) is 24.3 Å². The number of ether oxygens (including phenoxy) is 2. The lowest BCUT2D eigenvalue weighted by molar-refractivity contribution is -0.223. The molecule has 6 nitrogen and oxygen atoms in total. The van der Waals surface area contributed by atoms with Gasteiger partial charge in [-0.2, -0.15) is 0 Å². The van der Waals surface area contributed by atoms with Crippen molar-refractivity contribution in [3.63, 3.8) is 0 Å². The zero-order valence-corrected chi connectivity index (χ0v) is 17.6. The molecule has 28 heavy (non-hydrogen) atoms. The maximum Gasteiger partial charge on any atom is 0.303 e. The van der Waals surface area contributed by atoms with Gasteiger partial charge >= 0.3 is 5.97 Å². The van der Waals surface area contributed by atoms with Crippen molar-refractivity contribution in [2.75, 3.05) is 14.2 Å². The molecule has 1 heterocycles. The van der Waals surface area contributed by atoms with Crippen LogP contribution in [0.25, 0.3) is 0 Å². The van der Waals surface area contributed by atoms with Crippen LogP contribution in [0.15, 0.2) is 24.3 Å². The number of hydrogen-bond acceptors (Lipinski definition) is 4. The molecule has 0 saturated heterocycles. The van der Waals surface area contributed by atoms with Crippen LogP contribution in [0.4, 0.5) is 0 Å². The minimum Gasteiger partial charge on any atom is -0.481 e. The number of methoxy groups -OCH3 is 2. The van der Waals surface area contributed by atoms with Crippen molar-refractivity contribution in [2.24, 2.45) is 0 Å². The minimum atomic E-state index is -0.992. The molecule has 0 atom stereocenters. The Morgan fingerprint density at radius 3 is 2.07 bits per heavy atom. The van der Waals surface area contributed by atoms with E-state index in [-0.39, 0.29) is 0 Å². The molecule has 1 aromatic carbocycles. The van der Waals surface area contributed by atoms with Crippen molar-refractivity contribution in [1.29, 1.82) is 5.41 Å². The summed E-state index contributed by atoms with van der Waals surface area (Å²) in [5.41, 5.74) is 1.66. The summed E-state index contributed by atoms with van der Waals surface area (Å²) in [5, 5.41) is 19.0. The summed E-state index contributed by atoms with van der Waals surface area (Å²) in [5.74, 6) is -1.33. The highest BCUT2D eigenvalue weighted by Gasteiger charge is 2.41. The summed E-state index contributed by atoms with van der Waals surface area (Å²) >= 11 is 0. The fourth-order valence-corrected chi connectivity index (χ4v) is 3.28. The quantitative estimate of drug-likeness (QED) is 0.343. The molecular weight excluding hydrogens is 356 g/mol. The van der Waals surface area contributed by atoms with E-state index >= 15 is 0 Å². The van der Waals surface area contributed by atoms with Gasteiger partial charge in [0.05, 0.1) is 0 Å². The third-order valence-corrected chi connectivity index (χ3v) is 4.91. The molecule has 0 amide bonds. The summed E-state index contributed by atoms with van der Waals surface area (Å²) in [4.78, 5) is 10.2. The van der Waals surface area contributed by atoms with E-state index in [1.165, 1.54) is 44.9 Å². The Morgan fingerprint density at radius 2 is 1.54 bits per heavy atom. The van der Waals surface area contributed by atoms with E-state index in [4.69, 9.17) is 20.0 Å². The predicted octanol–water partition coefficient (Wildman–Crippen LogP) is 5.01. The molecule has 1 aliphatic heterocycles. The summed E-state index contributed by atoms with van der Waals surface area (Å²) in [6, 6.07) is 7.53.